The Balaban J connectivity index is 2.24. The lowest BCUT2D eigenvalue weighted by Crippen LogP contribution is -2.44. The number of ether oxygens (including phenoxy) is 3. The zero-order chi connectivity index (χ0) is 13.0. The summed E-state index contributed by atoms with van der Waals surface area (Å²) in [7, 11) is 3.29. The van der Waals surface area contributed by atoms with Crippen LogP contribution in [0.1, 0.15) is 0 Å². The molecule has 0 saturated carbocycles. The van der Waals surface area contributed by atoms with Gasteiger partial charge >= 0.3 is 0 Å². The van der Waals surface area contributed by atoms with Crippen LogP contribution in [0.5, 0.6) is 11.5 Å². The van der Waals surface area contributed by atoms with Crippen LogP contribution < -0.4 is 14.4 Å². The van der Waals surface area contributed by atoms with E-state index in [9.17, 15) is 5.11 Å². The maximum atomic E-state index is 9.18. The van der Waals surface area contributed by atoms with Gasteiger partial charge in [0.05, 0.1) is 39.2 Å². The van der Waals surface area contributed by atoms with Crippen molar-refractivity contribution in [2.45, 2.75) is 6.10 Å². The van der Waals surface area contributed by atoms with Crippen molar-refractivity contribution in [3.05, 3.63) is 18.2 Å². The molecule has 1 atom stereocenters. The Morgan fingerprint density at radius 3 is 2.89 bits per heavy atom. The van der Waals surface area contributed by atoms with Crippen molar-refractivity contribution in [1.29, 1.82) is 0 Å². The molecule has 18 heavy (non-hydrogen) atoms. The van der Waals surface area contributed by atoms with E-state index in [1.165, 1.54) is 0 Å². The van der Waals surface area contributed by atoms with Crippen molar-refractivity contribution in [1.82, 2.24) is 0 Å². The summed E-state index contributed by atoms with van der Waals surface area (Å²) in [6.45, 7) is 2.06. The van der Waals surface area contributed by atoms with E-state index in [1.54, 1.807) is 14.2 Å². The fraction of sp³-hybridized carbons (Fsp3) is 0.538. The van der Waals surface area contributed by atoms with Crippen LogP contribution in [0.25, 0.3) is 0 Å². The molecular weight excluding hydrogens is 234 g/mol. The Labute approximate surface area is 107 Å². The summed E-state index contributed by atoms with van der Waals surface area (Å²) >= 11 is 0. The molecule has 5 nitrogen and oxygen atoms in total. The molecule has 5 heteroatoms. The van der Waals surface area contributed by atoms with Crippen molar-refractivity contribution in [2.75, 3.05) is 45.4 Å². The summed E-state index contributed by atoms with van der Waals surface area (Å²) in [5.41, 5.74) is 0.971. The monoisotopic (exact) mass is 253 g/mol. The van der Waals surface area contributed by atoms with Crippen molar-refractivity contribution < 1.29 is 19.3 Å². The highest BCUT2D eigenvalue weighted by Gasteiger charge is 2.22. The minimum Gasteiger partial charge on any atom is -0.497 e. The molecule has 0 bridgehead atoms. The third kappa shape index (κ3) is 2.68. The molecule has 0 aromatic heterocycles. The Morgan fingerprint density at radius 1 is 1.39 bits per heavy atom. The molecule has 1 aliphatic rings. The quantitative estimate of drug-likeness (QED) is 0.864. The minimum absolute atomic E-state index is 0.0305. The number of morpholine rings is 1. The van der Waals surface area contributed by atoms with E-state index in [2.05, 4.69) is 4.90 Å². The standard InChI is InChI=1S/C13H19NO4/c1-16-10-3-4-13(17-2)12(7-10)14-5-6-18-11(8-14)9-15/h3-4,7,11,15H,5-6,8-9H2,1-2H3. The molecule has 1 fully saturated rings. The van der Waals surface area contributed by atoms with Crippen LogP contribution in [0.2, 0.25) is 0 Å². The second-order valence-electron chi connectivity index (χ2n) is 4.16. The summed E-state index contributed by atoms with van der Waals surface area (Å²) < 4.78 is 16.0. The molecular formula is C13H19NO4. The average Bonchev–Trinajstić information content (AvgIpc) is 2.46. The number of methoxy groups -OCH3 is 2. The van der Waals surface area contributed by atoms with E-state index in [4.69, 9.17) is 14.2 Å². The Kier molecular flexibility index (Phi) is 4.28. The molecule has 1 aliphatic heterocycles. The van der Waals surface area contributed by atoms with Gasteiger partial charge in [-0.25, -0.2) is 0 Å². The number of nitrogens with zero attached hydrogens (tertiary/aromatic N) is 1. The van der Waals surface area contributed by atoms with E-state index >= 15 is 0 Å². The summed E-state index contributed by atoms with van der Waals surface area (Å²) in [6, 6.07) is 5.70. The van der Waals surface area contributed by atoms with Crippen molar-refractivity contribution >= 4 is 5.69 Å². The van der Waals surface area contributed by atoms with Gasteiger partial charge in [-0.1, -0.05) is 0 Å². The normalized spacial score (nSPS) is 19.7. The highest BCUT2D eigenvalue weighted by Crippen LogP contribution is 2.33. The van der Waals surface area contributed by atoms with Gasteiger partial charge < -0.3 is 24.2 Å². The van der Waals surface area contributed by atoms with E-state index in [1.807, 2.05) is 18.2 Å². The second-order valence-corrected chi connectivity index (χ2v) is 4.16. The first kappa shape index (κ1) is 13.0. The number of hydrogen-bond donors (Lipinski definition) is 1. The zero-order valence-electron chi connectivity index (χ0n) is 10.8. The first-order valence-corrected chi connectivity index (χ1v) is 5.98. The number of rotatable bonds is 4. The van der Waals surface area contributed by atoms with E-state index in [-0.39, 0.29) is 12.7 Å². The fourth-order valence-electron chi connectivity index (χ4n) is 2.09. The average molecular weight is 253 g/mol. The molecule has 1 aromatic carbocycles. The molecule has 1 heterocycles. The van der Waals surface area contributed by atoms with Gasteiger partial charge in [0.25, 0.3) is 0 Å². The number of aliphatic hydroxyl groups is 1. The van der Waals surface area contributed by atoms with E-state index in [0.29, 0.717) is 13.2 Å². The molecule has 100 valence electrons. The maximum Gasteiger partial charge on any atom is 0.142 e. The first-order chi connectivity index (χ1) is 8.78. The first-order valence-electron chi connectivity index (χ1n) is 5.98. The van der Waals surface area contributed by atoms with Crippen LogP contribution in [0.3, 0.4) is 0 Å². The number of benzene rings is 1. The van der Waals surface area contributed by atoms with Gasteiger partial charge in [-0.05, 0) is 12.1 Å². The highest BCUT2D eigenvalue weighted by molar-refractivity contribution is 5.62. The third-order valence-electron chi connectivity index (χ3n) is 3.07. The fourth-order valence-corrected chi connectivity index (χ4v) is 2.09. The van der Waals surface area contributed by atoms with Gasteiger partial charge in [-0.3, -0.25) is 0 Å². The second kappa shape index (κ2) is 5.93. The van der Waals surface area contributed by atoms with Crippen LogP contribution in [0, 0.1) is 0 Å². The Hall–Kier alpha value is -1.46. The molecule has 1 unspecified atom stereocenters. The van der Waals surface area contributed by atoms with E-state index in [0.717, 1.165) is 23.7 Å². The smallest absolute Gasteiger partial charge is 0.142 e. The highest BCUT2D eigenvalue weighted by atomic mass is 16.5. The van der Waals surface area contributed by atoms with Gasteiger partial charge in [0.15, 0.2) is 0 Å². The molecule has 0 radical (unpaired) electrons. The largest absolute Gasteiger partial charge is 0.497 e. The molecule has 2 rings (SSSR count). The van der Waals surface area contributed by atoms with Crippen LogP contribution >= 0.6 is 0 Å². The van der Waals surface area contributed by atoms with Crippen molar-refractivity contribution in [3.8, 4) is 11.5 Å². The Bertz CT molecular complexity index is 397. The SMILES string of the molecule is COc1ccc(OC)c(N2CCOC(CO)C2)c1. The van der Waals surface area contributed by atoms with E-state index < -0.39 is 0 Å². The lowest BCUT2D eigenvalue weighted by molar-refractivity contribution is 0.00346. The predicted octanol–water partition coefficient (Wildman–Crippen LogP) is 0.901. The zero-order valence-corrected chi connectivity index (χ0v) is 10.8. The third-order valence-corrected chi connectivity index (χ3v) is 3.07. The van der Waals surface area contributed by atoms with Gasteiger partial charge in [-0.2, -0.15) is 0 Å². The molecule has 1 saturated heterocycles. The summed E-state index contributed by atoms with van der Waals surface area (Å²) in [4.78, 5) is 2.14. The summed E-state index contributed by atoms with van der Waals surface area (Å²) in [5.74, 6) is 1.59. The minimum atomic E-state index is -0.144. The lowest BCUT2D eigenvalue weighted by atomic mass is 10.2. The molecule has 0 aliphatic carbocycles. The van der Waals surface area contributed by atoms with Crippen molar-refractivity contribution in [2.24, 2.45) is 0 Å². The molecule has 1 aromatic rings. The van der Waals surface area contributed by atoms with Crippen LogP contribution in [0.15, 0.2) is 18.2 Å². The van der Waals surface area contributed by atoms with Crippen LogP contribution in [-0.2, 0) is 4.74 Å². The van der Waals surface area contributed by atoms with Crippen LogP contribution in [0.4, 0.5) is 5.69 Å². The topological polar surface area (TPSA) is 51.2 Å². The molecule has 1 N–H and O–H groups in total. The number of hydrogen-bond acceptors (Lipinski definition) is 5. The summed E-state index contributed by atoms with van der Waals surface area (Å²) in [5, 5.41) is 9.18. The van der Waals surface area contributed by atoms with Gasteiger partial charge in [0.2, 0.25) is 0 Å². The van der Waals surface area contributed by atoms with Crippen molar-refractivity contribution in [3.63, 3.8) is 0 Å². The Morgan fingerprint density at radius 2 is 2.22 bits per heavy atom. The maximum absolute atomic E-state index is 9.18. The number of aliphatic hydroxyl groups excluding tert-OH is 1. The van der Waals surface area contributed by atoms with Gasteiger partial charge in [-0.15, -0.1) is 0 Å². The van der Waals surface area contributed by atoms with Gasteiger partial charge in [0.1, 0.15) is 11.5 Å². The van der Waals surface area contributed by atoms with Crippen LogP contribution in [-0.4, -0.2) is 51.7 Å². The number of anilines is 1. The molecule has 0 amide bonds. The summed E-state index contributed by atoms with van der Waals surface area (Å²) in [6.07, 6.45) is -0.144. The molecule has 0 spiro atoms. The van der Waals surface area contributed by atoms with Gasteiger partial charge in [0, 0.05) is 19.2 Å². The predicted molar refractivity (Wildman–Crippen MR) is 68.6 cm³/mol. The lowest BCUT2D eigenvalue weighted by Gasteiger charge is -2.34.